The van der Waals surface area contributed by atoms with Crippen LogP contribution in [0.1, 0.15) is 27.7 Å². The van der Waals surface area contributed by atoms with E-state index in [1.165, 1.54) is 11.8 Å². The van der Waals surface area contributed by atoms with Crippen molar-refractivity contribution in [2.45, 2.75) is 39.1 Å². The molecule has 0 aromatic rings. The number of rotatable bonds is 0. The van der Waals surface area contributed by atoms with Crippen molar-refractivity contribution in [3.8, 4) is 0 Å². The van der Waals surface area contributed by atoms with Crippen LogP contribution >= 0.6 is 0 Å². The number of ether oxygens (including phenoxy) is 2. The van der Waals surface area contributed by atoms with Gasteiger partial charge in [0.05, 0.1) is 13.2 Å². The molecule has 0 aromatic heterocycles. The standard InChI is InChI=1S/C10H19NO4/c1-9(2,3)15-8(12)11-5-6-14-10(4,13)7-11/h13H,5-7H2,1-4H3. The fourth-order valence-electron chi connectivity index (χ4n) is 1.34. The summed E-state index contributed by atoms with van der Waals surface area (Å²) in [7, 11) is 0. The van der Waals surface area contributed by atoms with Gasteiger partial charge in [-0.2, -0.15) is 0 Å². The minimum atomic E-state index is -1.27. The smallest absolute Gasteiger partial charge is 0.410 e. The highest BCUT2D eigenvalue weighted by Crippen LogP contribution is 2.17. The van der Waals surface area contributed by atoms with Crippen molar-refractivity contribution >= 4 is 6.09 Å². The maximum atomic E-state index is 11.6. The van der Waals surface area contributed by atoms with E-state index in [4.69, 9.17) is 9.47 Å². The predicted molar refractivity (Wildman–Crippen MR) is 54.4 cm³/mol. The first-order chi connectivity index (χ1) is 6.70. The van der Waals surface area contributed by atoms with Gasteiger partial charge >= 0.3 is 6.09 Å². The minimum Gasteiger partial charge on any atom is -0.444 e. The quantitative estimate of drug-likeness (QED) is 0.656. The second kappa shape index (κ2) is 3.98. The van der Waals surface area contributed by atoms with Crippen LogP contribution in [0, 0.1) is 0 Å². The van der Waals surface area contributed by atoms with Gasteiger partial charge in [-0.05, 0) is 27.7 Å². The maximum Gasteiger partial charge on any atom is 0.410 e. The Bertz CT molecular complexity index is 244. The third-order valence-electron chi connectivity index (χ3n) is 1.91. The van der Waals surface area contributed by atoms with Gasteiger partial charge in [-0.25, -0.2) is 4.79 Å². The summed E-state index contributed by atoms with van der Waals surface area (Å²) in [5.41, 5.74) is -0.513. The van der Waals surface area contributed by atoms with Crippen LogP contribution in [0.4, 0.5) is 4.79 Å². The Morgan fingerprint density at radius 2 is 2.13 bits per heavy atom. The van der Waals surface area contributed by atoms with E-state index >= 15 is 0 Å². The largest absolute Gasteiger partial charge is 0.444 e. The second-order valence-electron chi connectivity index (χ2n) is 4.93. The van der Waals surface area contributed by atoms with Crippen LogP contribution < -0.4 is 0 Å². The zero-order valence-electron chi connectivity index (χ0n) is 9.74. The molecule has 1 amide bonds. The Kier molecular flexibility index (Phi) is 3.25. The molecule has 15 heavy (non-hydrogen) atoms. The second-order valence-corrected chi connectivity index (χ2v) is 4.93. The van der Waals surface area contributed by atoms with Gasteiger partial charge in [0, 0.05) is 6.54 Å². The normalized spacial score (nSPS) is 27.7. The molecule has 1 unspecified atom stereocenters. The number of morpholine rings is 1. The molecule has 0 bridgehead atoms. The zero-order chi connectivity index (χ0) is 11.7. The van der Waals surface area contributed by atoms with Crippen molar-refractivity contribution < 1.29 is 19.4 Å². The summed E-state index contributed by atoms with van der Waals surface area (Å²) in [6.07, 6.45) is -0.411. The third-order valence-corrected chi connectivity index (χ3v) is 1.91. The van der Waals surface area contributed by atoms with Crippen LogP contribution in [0.25, 0.3) is 0 Å². The molecule has 1 aliphatic rings. The molecular weight excluding hydrogens is 198 g/mol. The summed E-state index contributed by atoms with van der Waals surface area (Å²) in [6, 6.07) is 0. The number of amides is 1. The van der Waals surface area contributed by atoms with Crippen molar-refractivity contribution in [1.29, 1.82) is 0 Å². The lowest BCUT2D eigenvalue weighted by Crippen LogP contribution is -2.53. The first kappa shape index (κ1) is 12.3. The maximum absolute atomic E-state index is 11.6. The van der Waals surface area contributed by atoms with Crippen LogP contribution in [0.2, 0.25) is 0 Å². The van der Waals surface area contributed by atoms with Crippen molar-refractivity contribution in [3.63, 3.8) is 0 Å². The van der Waals surface area contributed by atoms with Gasteiger partial charge in [-0.15, -0.1) is 0 Å². The Morgan fingerprint density at radius 3 is 2.60 bits per heavy atom. The van der Waals surface area contributed by atoms with E-state index in [2.05, 4.69) is 0 Å². The molecule has 0 aliphatic carbocycles. The molecule has 0 radical (unpaired) electrons. The number of carbonyl (C=O) groups is 1. The molecule has 1 atom stereocenters. The van der Waals surface area contributed by atoms with Gasteiger partial charge in [0.15, 0.2) is 5.79 Å². The summed E-state index contributed by atoms with van der Waals surface area (Å²) in [5, 5.41) is 9.62. The number of β-amino-alcohol motifs (C(OH)–C–C–N with tert-alkyl or cyclic N) is 1. The zero-order valence-corrected chi connectivity index (χ0v) is 9.74. The molecule has 5 nitrogen and oxygen atoms in total. The number of hydrogen-bond donors (Lipinski definition) is 1. The van der Waals surface area contributed by atoms with Crippen LogP contribution in [0.3, 0.4) is 0 Å². The van der Waals surface area contributed by atoms with E-state index in [-0.39, 0.29) is 6.54 Å². The molecule has 1 heterocycles. The fourth-order valence-corrected chi connectivity index (χ4v) is 1.34. The van der Waals surface area contributed by atoms with E-state index in [1.807, 2.05) is 20.8 Å². The number of nitrogens with zero attached hydrogens (tertiary/aromatic N) is 1. The lowest BCUT2D eigenvalue weighted by atomic mass is 10.2. The highest BCUT2D eigenvalue weighted by Gasteiger charge is 2.33. The Balaban J connectivity index is 2.53. The summed E-state index contributed by atoms with van der Waals surface area (Å²) in [6.45, 7) is 7.87. The van der Waals surface area contributed by atoms with Crippen LogP contribution in [-0.4, -0.2) is 47.2 Å². The lowest BCUT2D eigenvalue weighted by Gasteiger charge is -2.37. The fraction of sp³-hybridized carbons (Fsp3) is 0.900. The van der Waals surface area contributed by atoms with Crippen molar-refractivity contribution in [3.05, 3.63) is 0 Å². The van der Waals surface area contributed by atoms with E-state index < -0.39 is 17.5 Å². The molecule has 1 rings (SSSR count). The molecule has 88 valence electrons. The van der Waals surface area contributed by atoms with E-state index in [9.17, 15) is 9.90 Å². The average Bonchev–Trinajstić information content (AvgIpc) is 1.99. The number of aliphatic hydroxyl groups is 1. The first-order valence-electron chi connectivity index (χ1n) is 5.04. The molecule has 1 saturated heterocycles. The van der Waals surface area contributed by atoms with E-state index in [0.29, 0.717) is 13.2 Å². The van der Waals surface area contributed by atoms with Gasteiger partial charge in [-0.3, -0.25) is 0 Å². The van der Waals surface area contributed by atoms with Crippen molar-refractivity contribution in [2.24, 2.45) is 0 Å². The SMILES string of the molecule is CC(C)(C)OC(=O)N1CCOC(C)(O)C1. The molecule has 1 fully saturated rings. The van der Waals surface area contributed by atoms with Crippen LogP contribution in [0.15, 0.2) is 0 Å². The Hall–Kier alpha value is -0.810. The summed E-state index contributed by atoms with van der Waals surface area (Å²) in [5.74, 6) is -1.27. The van der Waals surface area contributed by atoms with Crippen molar-refractivity contribution in [2.75, 3.05) is 19.7 Å². The summed E-state index contributed by atoms with van der Waals surface area (Å²) in [4.78, 5) is 13.1. The number of carbonyl (C=O) groups excluding carboxylic acids is 1. The van der Waals surface area contributed by atoms with E-state index in [1.54, 1.807) is 0 Å². The molecule has 0 aromatic carbocycles. The summed E-state index contributed by atoms with van der Waals surface area (Å²) >= 11 is 0. The summed E-state index contributed by atoms with van der Waals surface area (Å²) < 4.78 is 10.3. The molecule has 0 saturated carbocycles. The van der Waals surface area contributed by atoms with Crippen LogP contribution in [0.5, 0.6) is 0 Å². The molecule has 0 spiro atoms. The highest BCUT2D eigenvalue weighted by atomic mass is 16.6. The Labute approximate surface area is 90.0 Å². The van der Waals surface area contributed by atoms with Gasteiger partial charge < -0.3 is 19.5 Å². The number of hydrogen-bond acceptors (Lipinski definition) is 4. The lowest BCUT2D eigenvalue weighted by molar-refractivity contribution is -0.222. The molecule has 1 N–H and O–H groups in total. The van der Waals surface area contributed by atoms with Gasteiger partial charge in [0.2, 0.25) is 0 Å². The minimum absolute atomic E-state index is 0.141. The predicted octanol–water partition coefficient (Wildman–Crippen LogP) is 0.962. The molecule has 1 aliphatic heterocycles. The van der Waals surface area contributed by atoms with Gasteiger partial charge in [0.25, 0.3) is 0 Å². The highest BCUT2D eigenvalue weighted by molar-refractivity contribution is 5.68. The van der Waals surface area contributed by atoms with Gasteiger partial charge in [-0.1, -0.05) is 0 Å². The third kappa shape index (κ3) is 4.05. The first-order valence-corrected chi connectivity index (χ1v) is 5.04. The Morgan fingerprint density at radius 1 is 1.53 bits per heavy atom. The average molecular weight is 217 g/mol. The van der Waals surface area contributed by atoms with E-state index in [0.717, 1.165) is 0 Å². The monoisotopic (exact) mass is 217 g/mol. The van der Waals surface area contributed by atoms with Gasteiger partial charge in [0.1, 0.15) is 5.60 Å². The topological polar surface area (TPSA) is 59.0 Å². The van der Waals surface area contributed by atoms with Crippen molar-refractivity contribution in [1.82, 2.24) is 4.90 Å². The van der Waals surface area contributed by atoms with Crippen LogP contribution in [-0.2, 0) is 9.47 Å². The molecule has 5 heteroatoms. The molecular formula is C10H19NO4.